The number of hydrogen-bond acceptors (Lipinski definition) is 5. The minimum atomic E-state index is 0.340. The van der Waals surface area contributed by atoms with Crippen LogP contribution in [0.1, 0.15) is 18.9 Å². The summed E-state index contributed by atoms with van der Waals surface area (Å²) in [6, 6.07) is 13.6. The summed E-state index contributed by atoms with van der Waals surface area (Å²) < 4.78 is 10.7. The number of anilines is 1. The number of aliphatic imine (C=N–C) groups is 1. The summed E-state index contributed by atoms with van der Waals surface area (Å²) >= 11 is 0. The first-order valence-corrected chi connectivity index (χ1v) is 10.9. The normalized spacial score (nSPS) is 14.5. The van der Waals surface area contributed by atoms with Crippen molar-refractivity contribution in [1.82, 2.24) is 10.2 Å². The largest absolute Gasteiger partial charge is 0.506 e. The molecule has 168 valence electrons. The van der Waals surface area contributed by atoms with Gasteiger partial charge in [0.25, 0.3) is 0 Å². The van der Waals surface area contributed by atoms with E-state index in [-0.39, 0.29) is 0 Å². The molecule has 7 heteroatoms. The Balaban J connectivity index is 1.53. The van der Waals surface area contributed by atoms with E-state index in [4.69, 9.17) is 14.5 Å². The molecule has 7 nitrogen and oxygen atoms in total. The van der Waals surface area contributed by atoms with Crippen LogP contribution in [0, 0.1) is 0 Å². The molecule has 0 spiro atoms. The number of aryl methyl sites for hydroxylation is 1. The summed E-state index contributed by atoms with van der Waals surface area (Å²) in [5.41, 5.74) is 2.12. The van der Waals surface area contributed by atoms with E-state index in [0.717, 1.165) is 75.3 Å². The molecule has 1 aliphatic heterocycles. The maximum atomic E-state index is 10.1. The predicted octanol–water partition coefficient (Wildman–Crippen LogP) is 3.13. The smallest absolute Gasteiger partial charge is 0.194 e. The molecule has 1 heterocycles. The molecule has 1 aliphatic rings. The van der Waals surface area contributed by atoms with E-state index in [1.54, 1.807) is 20.3 Å². The Hall–Kier alpha value is -3.09. The second kappa shape index (κ2) is 11.3. The van der Waals surface area contributed by atoms with Crippen molar-refractivity contribution in [2.45, 2.75) is 19.8 Å². The molecule has 2 aromatic rings. The summed E-state index contributed by atoms with van der Waals surface area (Å²) in [5, 5.41) is 13.5. The number of nitrogens with one attached hydrogen (secondary N) is 1. The molecule has 0 bridgehead atoms. The predicted molar refractivity (Wildman–Crippen MR) is 126 cm³/mol. The standard InChI is InChI=1S/C24H34N4O3/c1-4-25-24(26-13-7-8-19-11-12-22(30-2)23(18-19)31-3)28-16-14-27(15-17-28)20-9-5-6-10-21(20)29/h5-6,9-12,18,29H,4,7-8,13-17H2,1-3H3,(H,25,26). The van der Waals surface area contributed by atoms with Gasteiger partial charge in [0.2, 0.25) is 0 Å². The van der Waals surface area contributed by atoms with Crippen molar-refractivity contribution in [2.24, 2.45) is 4.99 Å². The van der Waals surface area contributed by atoms with E-state index >= 15 is 0 Å². The average Bonchev–Trinajstić information content (AvgIpc) is 2.81. The Morgan fingerprint density at radius 2 is 1.77 bits per heavy atom. The Morgan fingerprint density at radius 1 is 1.03 bits per heavy atom. The van der Waals surface area contributed by atoms with Gasteiger partial charge in [0.1, 0.15) is 5.75 Å². The quantitative estimate of drug-likeness (QED) is 0.384. The number of rotatable bonds is 8. The summed E-state index contributed by atoms with van der Waals surface area (Å²) in [7, 11) is 3.31. The monoisotopic (exact) mass is 426 g/mol. The van der Waals surface area contributed by atoms with Gasteiger partial charge in [-0.05, 0) is 49.6 Å². The number of guanidine groups is 1. The van der Waals surface area contributed by atoms with Gasteiger partial charge in [0.15, 0.2) is 17.5 Å². The van der Waals surface area contributed by atoms with Crippen molar-refractivity contribution in [3.05, 3.63) is 48.0 Å². The van der Waals surface area contributed by atoms with Crippen LogP contribution in [-0.2, 0) is 6.42 Å². The van der Waals surface area contributed by atoms with E-state index in [2.05, 4.69) is 28.1 Å². The molecular weight excluding hydrogens is 392 g/mol. The summed E-state index contributed by atoms with van der Waals surface area (Å²) in [4.78, 5) is 9.38. The fraction of sp³-hybridized carbons (Fsp3) is 0.458. The maximum absolute atomic E-state index is 10.1. The van der Waals surface area contributed by atoms with Gasteiger partial charge >= 0.3 is 0 Å². The second-order valence-corrected chi connectivity index (χ2v) is 7.49. The molecule has 0 unspecified atom stereocenters. The second-order valence-electron chi connectivity index (χ2n) is 7.49. The van der Waals surface area contributed by atoms with Gasteiger partial charge in [-0.15, -0.1) is 0 Å². The van der Waals surface area contributed by atoms with Gasteiger partial charge in [0.05, 0.1) is 19.9 Å². The van der Waals surface area contributed by atoms with Crippen molar-refractivity contribution >= 4 is 11.6 Å². The molecule has 0 aliphatic carbocycles. The van der Waals surface area contributed by atoms with E-state index in [1.807, 2.05) is 30.3 Å². The van der Waals surface area contributed by atoms with Crippen molar-refractivity contribution < 1.29 is 14.6 Å². The molecular formula is C24H34N4O3. The van der Waals surface area contributed by atoms with Gasteiger partial charge in [0, 0.05) is 39.3 Å². The Kier molecular flexibility index (Phi) is 8.27. The highest BCUT2D eigenvalue weighted by atomic mass is 16.5. The van der Waals surface area contributed by atoms with Gasteiger partial charge in [-0.2, -0.15) is 0 Å². The lowest BCUT2D eigenvalue weighted by Gasteiger charge is -2.37. The lowest BCUT2D eigenvalue weighted by molar-refractivity contribution is 0.354. The van der Waals surface area contributed by atoms with Crippen LogP contribution >= 0.6 is 0 Å². The van der Waals surface area contributed by atoms with Crippen LogP contribution in [0.25, 0.3) is 0 Å². The first-order valence-electron chi connectivity index (χ1n) is 10.9. The Labute approximate surface area is 185 Å². The molecule has 0 atom stereocenters. The van der Waals surface area contributed by atoms with Gasteiger partial charge in [-0.1, -0.05) is 18.2 Å². The van der Waals surface area contributed by atoms with E-state index in [9.17, 15) is 5.11 Å². The number of nitrogens with zero attached hydrogens (tertiary/aromatic N) is 3. The lowest BCUT2D eigenvalue weighted by atomic mass is 10.1. The number of aromatic hydroxyl groups is 1. The molecule has 0 saturated carbocycles. The van der Waals surface area contributed by atoms with Crippen LogP contribution in [-0.4, -0.2) is 69.5 Å². The number of phenols is 1. The van der Waals surface area contributed by atoms with Crippen LogP contribution < -0.4 is 19.7 Å². The maximum Gasteiger partial charge on any atom is 0.194 e. The molecule has 0 amide bonds. The van der Waals surface area contributed by atoms with Crippen molar-refractivity contribution in [1.29, 1.82) is 0 Å². The molecule has 0 radical (unpaired) electrons. The molecule has 3 rings (SSSR count). The van der Waals surface area contributed by atoms with Crippen LogP contribution in [0.2, 0.25) is 0 Å². The van der Waals surface area contributed by atoms with Crippen molar-refractivity contribution in [3.63, 3.8) is 0 Å². The molecule has 1 saturated heterocycles. The third-order valence-electron chi connectivity index (χ3n) is 5.47. The number of para-hydroxylation sites is 2. The van der Waals surface area contributed by atoms with E-state index in [0.29, 0.717) is 5.75 Å². The summed E-state index contributed by atoms with van der Waals surface area (Å²) in [6.45, 7) is 7.15. The Morgan fingerprint density at radius 3 is 2.45 bits per heavy atom. The van der Waals surface area contributed by atoms with Crippen molar-refractivity contribution in [3.8, 4) is 17.2 Å². The third-order valence-corrected chi connectivity index (χ3v) is 5.47. The topological polar surface area (TPSA) is 69.6 Å². The fourth-order valence-corrected chi connectivity index (χ4v) is 3.82. The van der Waals surface area contributed by atoms with Crippen LogP contribution in [0.15, 0.2) is 47.5 Å². The van der Waals surface area contributed by atoms with Crippen molar-refractivity contribution in [2.75, 3.05) is 58.4 Å². The molecule has 1 fully saturated rings. The van der Waals surface area contributed by atoms with Gasteiger partial charge in [-0.3, -0.25) is 4.99 Å². The number of ether oxygens (including phenoxy) is 2. The highest BCUT2D eigenvalue weighted by Crippen LogP contribution is 2.28. The van der Waals surface area contributed by atoms with Gasteiger partial charge < -0.3 is 29.7 Å². The Bertz CT molecular complexity index is 864. The molecule has 2 N–H and O–H groups in total. The zero-order valence-electron chi connectivity index (χ0n) is 18.8. The van der Waals surface area contributed by atoms with Gasteiger partial charge in [-0.25, -0.2) is 0 Å². The van der Waals surface area contributed by atoms with Crippen LogP contribution in [0.5, 0.6) is 17.2 Å². The SMILES string of the molecule is CCNC(=NCCCc1ccc(OC)c(OC)c1)N1CCN(c2ccccc2O)CC1. The van der Waals surface area contributed by atoms with E-state index < -0.39 is 0 Å². The highest BCUT2D eigenvalue weighted by Gasteiger charge is 2.21. The first kappa shape index (κ1) is 22.6. The minimum absolute atomic E-state index is 0.340. The summed E-state index contributed by atoms with van der Waals surface area (Å²) in [5.74, 6) is 2.82. The summed E-state index contributed by atoms with van der Waals surface area (Å²) in [6.07, 6.45) is 1.90. The third kappa shape index (κ3) is 5.96. The number of phenolic OH excluding ortho intramolecular Hbond substituents is 1. The number of methoxy groups -OCH3 is 2. The van der Waals surface area contributed by atoms with Crippen LogP contribution in [0.4, 0.5) is 5.69 Å². The van der Waals surface area contributed by atoms with E-state index in [1.165, 1.54) is 5.56 Å². The molecule has 0 aromatic heterocycles. The number of piperazine rings is 1. The first-order chi connectivity index (χ1) is 15.2. The fourth-order valence-electron chi connectivity index (χ4n) is 3.82. The number of benzene rings is 2. The minimum Gasteiger partial charge on any atom is -0.506 e. The lowest BCUT2D eigenvalue weighted by Crippen LogP contribution is -2.52. The zero-order valence-corrected chi connectivity index (χ0v) is 18.8. The average molecular weight is 427 g/mol. The molecule has 2 aromatic carbocycles. The molecule has 31 heavy (non-hydrogen) atoms. The zero-order chi connectivity index (χ0) is 22.1. The number of hydrogen-bond donors (Lipinski definition) is 2. The van der Waals surface area contributed by atoms with Crippen LogP contribution in [0.3, 0.4) is 0 Å². The highest BCUT2D eigenvalue weighted by molar-refractivity contribution is 5.80.